The van der Waals surface area contributed by atoms with Gasteiger partial charge in [-0.1, -0.05) is 0 Å². The molecule has 88 valence electrons. The molecule has 0 amide bonds. The summed E-state index contributed by atoms with van der Waals surface area (Å²) in [5.41, 5.74) is 2.65. The van der Waals surface area contributed by atoms with Gasteiger partial charge in [-0.15, -0.1) is 0 Å². The number of halogens is 1. The van der Waals surface area contributed by atoms with Crippen LogP contribution in [0.4, 0.5) is 0 Å². The summed E-state index contributed by atoms with van der Waals surface area (Å²) in [4.78, 5) is 2.30. The highest BCUT2D eigenvalue weighted by atomic mass is 79.9. The molecule has 0 aromatic carbocycles. The van der Waals surface area contributed by atoms with E-state index in [-0.39, 0.29) is 0 Å². The lowest BCUT2D eigenvalue weighted by Crippen LogP contribution is -2.30. The first-order valence-corrected chi connectivity index (χ1v) is 6.70. The summed E-state index contributed by atoms with van der Waals surface area (Å²) < 4.78 is 3.41. The first-order valence-electron chi connectivity index (χ1n) is 5.90. The van der Waals surface area contributed by atoms with Gasteiger partial charge in [-0.25, -0.2) is 0 Å². The van der Waals surface area contributed by atoms with E-state index in [4.69, 9.17) is 5.10 Å². The summed E-state index contributed by atoms with van der Waals surface area (Å²) in [7, 11) is 2.14. The molecule has 0 unspecified atom stereocenters. The Morgan fingerprint density at radius 1 is 1.31 bits per heavy atom. The fourth-order valence-electron chi connectivity index (χ4n) is 2.65. The third-order valence-electron chi connectivity index (χ3n) is 3.53. The molecule has 5 heteroatoms. The SMILES string of the molecule is CN1Cc2nn(C3CCNCC3)c(Br)c2C1. The Morgan fingerprint density at radius 2 is 2.06 bits per heavy atom. The zero-order chi connectivity index (χ0) is 11.1. The summed E-state index contributed by atoms with van der Waals surface area (Å²) in [5, 5.41) is 8.16. The van der Waals surface area contributed by atoms with Gasteiger partial charge in [-0.2, -0.15) is 5.10 Å². The van der Waals surface area contributed by atoms with Gasteiger partial charge in [-0.3, -0.25) is 9.58 Å². The van der Waals surface area contributed by atoms with Gasteiger partial charge < -0.3 is 5.32 Å². The molecular formula is C11H17BrN4. The minimum Gasteiger partial charge on any atom is -0.317 e. The van der Waals surface area contributed by atoms with Crippen molar-refractivity contribution in [3.8, 4) is 0 Å². The van der Waals surface area contributed by atoms with Gasteiger partial charge in [0.2, 0.25) is 0 Å². The van der Waals surface area contributed by atoms with Crippen LogP contribution in [0.3, 0.4) is 0 Å². The Balaban J connectivity index is 1.89. The van der Waals surface area contributed by atoms with Gasteiger partial charge in [0, 0.05) is 18.7 Å². The van der Waals surface area contributed by atoms with E-state index in [1.807, 2.05) is 0 Å². The zero-order valence-electron chi connectivity index (χ0n) is 9.54. The van der Waals surface area contributed by atoms with Crippen LogP contribution < -0.4 is 5.32 Å². The van der Waals surface area contributed by atoms with Gasteiger partial charge >= 0.3 is 0 Å². The summed E-state index contributed by atoms with van der Waals surface area (Å²) in [5.74, 6) is 0. The molecule has 1 aromatic heterocycles. The van der Waals surface area contributed by atoms with Crippen molar-refractivity contribution in [3.05, 3.63) is 15.9 Å². The van der Waals surface area contributed by atoms with Crippen molar-refractivity contribution < 1.29 is 0 Å². The first-order chi connectivity index (χ1) is 7.75. The number of piperidine rings is 1. The van der Waals surface area contributed by atoms with E-state index in [1.54, 1.807) is 0 Å². The maximum atomic E-state index is 4.76. The Labute approximate surface area is 104 Å². The molecule has 2 aliphatic heterocycles. The monoisotopic (exact) mass is 284 g/mol. The smallest absolute Gasteiger partial charge is 0.109 e. The van der Waals surface area contributed by atoms with Crippen LogP contribution in [-0.4, -0.2) is 34.8 Å². The van der Waals surface area contributed by atoms with Crippen LogP contribution in [0.15, 0.2) is 4.60 Å². The third-order valence-corrected chi connectivity index (χ3v) is 4.37. The van der Waals surface area contributed by atoms with E-state index in [9.17, 15) is 0 Å². The van der Waals surface area contributed by atoms with Crippen molar-refractivity contribution in [2.24, 2.45) is 0 Å². The largest absolute Gasteiger partial charge is 0.317 e. The normalized spacial score (nSPS) is 22.6. The van der Waals surface area contributed by atoms with Crippen molar-refractivity contribution >= 4 is 15.9 Å². The van der Waals surface area contributed by atoms with Crippen molar-refractivity contribution in [1.82, 2.24) is 20.0 Å². The predicted molar refractivity (Wildman–Crippen MR) is 66.2 cm³/mol. The van der Waals surface area contributed by atoms with E-state index in [0.29, 0.717) is 6.04 Å². The minimum absolute atomic E-state index is 0.575. The topological polar surface area (TPSA) is 33.1 Å². The maximum absolute atomic E-state index is 4.76. The van der Waals surface area contributed by atoms with E-state index in [2.05, 4.69) is 37.9 Å². The maximum Gasteiger partial charge on any atom is 0.109 e. The molecular weight excluding hydrogens is 268 g/mol. The van der Waals surface area contributed by atoms with Crippen LogP contribution in [0.5, 0.6) is 0 Å². The third kappa shape index (κ3) is 1.71. The molecule has 2 aliphatic rings. The average Bonchev–Trinajstić information content (AvgIpc) is 2.79. The first kappa shape index (κ1) is 10.7. The highest BCUT2D eigenvalue weighted by Crippen LogP contribution is 2.32. The van der Waals surface area contributed by atoms with Crippen molar-refractivity contribution in [2.75, 3.05) is 20.1 Å². The van der Waals surface area contributed by atoms with Gasteiger partial charge in [0.25, 0.3) is 0 Å². The minimum atomic E-state index is 0.575. The number of nitrogens with zero attached hydrogens (tertiary/aromatic N) is 3. The zero-order valence-corrected chi connectivity index (χ0v) is 11.1. The standard InChI is InChI=1S/C11H17BrN4/c1-15-6-9-10(7-15)14-16(11(9)12)8-2-4-13-5-3-8/h8,13H,2-7H2,1H3. The highest BCUT2D eigenvalue weighted by Gasteiger charge is 2.27. The summed E-state index contributed by atoms with van der Waals surface area (Å²) in [6, 6.07) is 0.575. The number of rotatable bonds is 1. The van der Waals surface area contributed by atoms with E-state index >= 15 is 0 Å². The number of hydrogen-bond acceptors (Lipinski definition) is 3. The van der Waals surface area contributed by atoms with Crippen LogP contribution >= 0.6 is 15.9 Å². The lowest BCUT2D eigenvalue weighted by Gasteiger charge is -2.24. The molecule has 3 rings (SSSR count). The molecule has 1 fully saturated rings. The molecule has 0 saturated carbocycles. The van der Waals surface area contributed by atoms with E-state index in [0.717, 1.165) is 26.2 Å². The van der Waals surface area contributed by atoms with Gasteiger partial charge in [-0.05, 0) is 48.9 Å². The van der Waals surface area contributed by atoms with Crippen LogP contribution in [0.1, 0.15) is 30.1 Å². The number of hydrogen-bond donors (Lipinski definition) is 1. The number of fused-ring (bicyclic) bond motifs is 1. The van der Waals surface area contributed by atoms with Gasteiger partial charge in [0.05, 0.1) is 11.7 Å². The Bertz CT molecular complexity index is 395. The molecule has 0 radical (unpaired) electrons. The summed E-state index contributed by atoms with van der Waals surface area (Å²) in [6.45, 7) is 4.25. The Morgan fingerprint density at radius 3 is 2.75 bits per heavy atom. The second kappa shape index (κ2) is 4.13. The molecule has 0 atom stereocenters. The average molecular weight is 285 g/mol. The number of aromatic nitrogens is 2. The second-order valence-electron chi connectivity index (χ2n) is 4.81. The predicted octanol–water partition coefficient (Wildman–Crippen LogP) is 1.52. The Kier molecular flexibility index (Phi) is 2.77. The fraction of sp³-hybridized carbons (Fsp3) is 0.727. The molecule has 0 spiro atoms. The molecule has 1 saturated heterocycles. The van der Waals surface area contributed by atoms with E-state index < -0.39 is 0 Å². The lowest BCUT2D eigenvalue weighted by atomic mass is 10.1. The van der Waals surface area contributed by atoms with Crippen molar-refractivity contribution in [1.29, 1.82) is 0 Å². The van der Waals surface area contributed by atoms with Crippen LogP contribution in [0.2, 0.25) is 0 Å². The molecule has 4 nitrogen and oxygen atoms in total. The van der Waals surface area contributed by atoms with Crippen LogP contribution in [0.25, 0.3) is 0 Å². The number of nitrogens with one attached hydrogen (secondary N) is 1. The molecule has 3 heterocycles. The molecule has 16 heavy (non-hydrogen) atoms. The van der Waals surface area contributed by atoms with Crippen LogP contribution in [-0.2, 0) is 13.1 Å². The highest BCUT2D eigenvalue weighted by molar-refractivity contribution is 9.10. The fourth-order valence-corrected chi connectivity index (χ4v) is 3.37. The quantitative estimate of drug-likeness (QED) is 0.849. The second-order valence-corrected chi connectivity index (χ2v) is 5.57. The van der Waals surface area contributed by atoms with Crippen molar-refractivity contribution in [3.63, 3.8) is 0 Å². The molecule has 1 N–H and O–H groups in total. The molecule has 1 aromatic rings. The van der Waals surface area contributed by atoms with E-state index in [1.165, 1.54) is 28.7 Å². The molecule has 0 bridgehead atoms. The lowest BCUT2D eigenvalue weighted by molar-refractivity contribution is 0.316. The summed E-state index contributed by atoms with van der Waals surface area (Å²) >= 11 is 3.72. The van der Waals surface area contributed by atoms with Gasteiger partial charge in [0.15, 0.2) is 0 Å². The van der Waals surface area contributed by atoms with Crippen LogP contribution in [0, 0.1) is 0 Å². The Hall–Kier alpha value is -0.390. The molecule has 0 aliphatic carbocycles. The van der Waals surface area contributed by atoms with Crippen molar-refractivity contribution in [2.45, 2.75) is 32.0 Å². The van der Waals surface area contributed by atoms with Gasteiger partial charge in [0.1, 0.15) is 4.60 Å². The summed E-state index contributed by atoms with van der Waals surface area (Å²) in [6.07, 6.45) is 2.38.